The third kappa shape index (κ3) is 2.22. The second-order valence-corrected chi connectivity index (χ2v) is 9.46. The summed E-state index contributed by atoms with van der Waals surface area (Å²) < 4.78 is 6.68. The summed E-state index contributed by atoms with van der Waals surface area (Å²) in [7, 11) is 0. The van der Waals surface area contributed by atoms with Gasteiger partial charge in [-0.3, -0.25) is 0 Å². The van der Waals surface area contributed by atoms with Crippen LogP contribution in [-0.4, -0.2) is 11.2 Å². The fourth-order valence-corrected chi connectivity index (χ4v) is 6.52. The highest BCUT2D eigenvalue weighted by atomic mass is 16.5. The van der Waals surface area contributed by atoms with E-state index in [2.05, 4.69) is 41.2 Å². The van der Waals surface area contributed by atoms with Gasteiger partial charge in [0.25, 0.3) is 0 Å². The average Bonchev–Trinajstić information content (AvgIpc) is 2.36. The molecule has 0 aromatic carbocycles. The SMILES string of the molecule is C=C[C@]1(C)CC[C@@H]2[C@](C)(CCC3C(C)(C)CCC[C@]32C)O1. The van der Waals surface area contributed by atoms with E-state index in [1.807, 2.05) is 6.08 Å². The molecule has 1 unspecified atom stereocenters. The summed E-state index contributed by atoms with van der Waals surface area (Å²) in [4.78, 5) is 0. The van der Waals surface area contributed by atoms with E-state index in [1.165, 1.54) is 38.5 Å². The van der Waals surface area contributed by atoms with Gasteiger partial charge in [0, 0.05) is 0 Å². The standard InChI is InChI=1S/C20H34O/c1-7-18(4)13-9-16-19(5)12-8-11-17(2,3)15(19)10-14-20(16,6)21-18/h7,15-16H,1,8-14H2,2-6H3/t15?,16-,18+,19+,20-/m0/s1. The molecule has 3 aliphatic rings. The summed E-state index contributed by atoms with van der Waals surface area (Å²) in [5.74, 6) is 1.59. The summed E-state index contributed by atoms with van der Waals surface area (Å²) in [5, 5.41) is 0. The number of hydrogen-bond acceptors (Lipinski definition) is 1. The zero-order valence-electron chi connectivity index (χ0n) is 14.8. The molecule has 1 heteroatoms. The number of hydrogen-bond donors (Lipinski definition) is 0. The van der Waals surface area contributed by atoms with Crippen molar-refractivity contribution in [2.75, 3.05) is 0 Å². The van der Waals surface area contributed by atoms with Crippen molar-refractivity contribution >= 4 is 0 Å². The number of fused-ring (bicyclic) bond motifs is 3. The lowest BCUT2D eigenvalue weighted by Gasteiger charge is -2.65. The van der Waals surface area contributed by atoms with Gasteiger partial charge >= 0.3 is 0 Å². The molecule has 5 atom stereocenters. The molecule has 0 bridgehead atoms. The highest BCUT2D eigenvalue weighted by Gasteiger charge is 2.61. The molecule has 120 valence electrons. The molecule has 1 heterocycles. The van der Waals surface area contributed by atoms with Gasteiger partial charge in [0.15, 0.2) is 0 Å². The Morgan fingerprint density at radius 3 is 2.24 bits per heavy atom. The molecular formula is C20H34O. The first-order valence-electron chi connectivity index (χ1n) is 8.99. The average molecular weight is 290 g/mol. The van der Waals surface area contributed by atoms with E-state index in [0.29, 0.717) is 10.8 Å². The van der Waals surface area contributed by atoms with Crippen LogP contribution in [0.25, 0.3) is 0 Å². The van der Waals surface area contributed by atoms with E-state index in [-0.39, 0.29) is 11.2 Å². The van der Waals surface area contributed by atoms with Crippen molar-refractivity contribution in [3.63, 3.8) is 0 Å². The lowest BCUT2D eigenvalue weighted by Crippen LogP contribution is -2.62. The van der Waals surface area contributed by atoms with Gasteiger partial charge in [-0.1, -0.05) is 33.3 Å². The first-order valence-corrected chi connectivity index (χ1v) is 8.99. The third-order valence-electron chi connectivity index (χ3n) is 7.57. The summed E-state index contributed by atoms with van der Waals surface area (Å²) in [6, 6.07) is 0. The van der Waals surface area contributed by atoms with Crippen LogP contribution in [0.2, 0.25) is 0 Å². The maximum Gasteiger partial charge on any atom is 0.0839 e. The molecule has 21 heavy (non-hydrogen) atoms. The number of ether oxygens (including phenoxy) is 1. The van der Waals surface area contributed by atoms with Crippen LogP contribution in [0.4, 0.5) is 0 Å². The second-order valence-electron chi connectivity index (χ2n) is 9.46. The molecule has 0 amide bonds. The first kappa shape index (κ1) is 15.6. The van der Waals surface area contributed by atoms with E-state index >= 15 is 0 Å². The van der Waals surface area contributed by atoms with Gasteiger partial charge in [0.1, 0.15) is 0 Å². The Hall–Kier alpha value is -0.300. The predicted molar refractivity (Wildman–Crippen MR) is 89.3 cm³/mol. The zero-order valence-corrected chi connectivity index (χ0v) is 14.8. The highest BCUT2D eigenvalue weighted by Crippen LogP contribution is 2.65. The van der Waals surface area contributed by atoms with Gasteiger partial charge < -0.3 is 4.74 Å². The Balaban J connectivity index is 1.94. The first-order chi connectivity index (χ1) is 9.65. The fraction of sp³-hybridized carbons (Fsp3) is 0.900. The van der Waals surface area contributed by atoms with Crippen molar-refractivity contribution in [1.82, 2.24) is 0 Å². The van der Waals surface area contributed by atoms with Gasteiger partial charge in [0.05, 0.1) is 11.2 Å². The molecule has 2 saturated carbocycles. The summed E-state index contributed by atoms with van der Waals surface area (Å²) in [6.45, 7) is 16.2. The van der Waals surface area contributed by atoms with E-state index in [4.69, 9.17) is 4.74 Å². The van der Waals surface area contributed by atoms with Crippen LogP contribution in [0.1, 0.15) is 79.6 Å². The Morgan fingerprint density at radius 2 is 1.57 bits per heavy atom. The minimum atomic E-state index is -0.112. The van der Waals surface area contributed by atoms with Crippen molar-refractivity contribution in [1.29, 1.82) is 0 Å². The summed E-state index contributed by atoms with van der Waals surface area (Å²) in [6.07, 6.45) is 11.2. The van der Waals surface area contributed by atoms with Crippen LogP contribution in [0.3, 0.4) is 0 Å². The zero-order chi connectivity index (χ0) is 15.5. The maximum atomic E-state index is 6.68. The van der Waals surface area contributed by atoms with Crippen molar-refractivity contribution in [2.24, 2.45) is 22.7 Å². The van der Waals surface area contributed by atoms with Crippen molar-refractivity contribution in [3.05, 3.63) is 12.7 Å². The minimum Gasteiger partial charge on any atom is -0.365 e. The molecule has 3 rings (SSSR count). The third-order valence-corrected chi connectivity index (χ3v) is 7.57. The minimum absolute atomic E-state index is 0.0554. The Morgan fingerprint density at radius 1 is 0.905 bits per heavy atom. The molecule has 0 radical (unpaired) electrons. The van der Waals surface area contributed by atoms with Crippen LogP contribution in [0.15, 0.2) is 12.7 Å². The lowest BCUT2D eigenvalue weighted by molar-refractivity contribution is -0.252. The molecule has 0 aromatic heterocycles. The second kappa shape index (κ2) is 4.60. The van der Waals surface area contributed by atoms with Crippen LogP contribution in [0, 0.1) is 22.7 Å². The summed E-state index contributed by atoms with van der Waals surface area (Å²) >= 11 is 0. The molecule has 0 aromatic rings. The molecule has 3 fully saturated rings. The van der Waals surface area contributed by atoms with Gasteiger partial charge in [-0.25, -0.2) is 0 Å². The fourth-order valence-electron chi connectivity index (χ4n) is 6.52. The molecule has 1 nitrogen and oxygen atoms in total. The molecule has 1 saturated heterocycles. The van der Waals surface area contributed by atoms with Gasteiger partial charge in [0.2, 0.25) is 0 Å². The number of rotatable bonds is 1. The van der Waals surface area contributed by atoms with Gasteiger partial charge in [-0.2, -0.15) is 0 Å². The summed E-state index contributed by atoms with van der Waals surface area (Å²) in [5.41, 5.74) is 0.920. The molecule has 2 aliphatic carbocycles. The molecular weight excluding hydrogens is 256 g/mol. The normalized spacial score (nSPS) is 52.6. The monoisotopic (exact) mass is 290 g/mol. The Labute approximate surface area is 131 Å². The van der Waals surface area contributed by atoms with E-state index in [0.717, 1.165) is 18.3 Å². The Kier molecular flexibility index (Phi) is 3.41. The molecule has 1 aliphatic heterocycles. The van der Waals surface area contributed by atoms with E-state index < -0.39 is 0 Å². The Bertz CT molecular complexity index is 439. The van der Waals surface area contributed by atoms with Crippen molar-refractivity contribution < 1.29 is 4.74 Å². The van der Waals surface area contributed by atoms with Gasteiger partial charge in [-0.05, 0) is 75.0 Å². The van der Waals surface area contributed by atoms with Crippen molar-refractivity contribution in [3.8, 4) is 0 Å². The predicted octanol–water partition coefficient (Wildman–Crippen LogP) is 5.74. The van der Waals surface area contributed by atoms with Gasteiger partial charge in [-0.15, -0.1) is 6.58 Å². The largest absolute Gasteiger partial charge is 0.365 e. The lowest BCUT2D eigenvalue weighted by atomic mass is 9.44. The quantitative estimate of drug-likeness (QED) is 0.559. The topological polar surface area (TPSA) is 9.23 Å². The van der Waals surface area contributed by atoms with Crippen LogP contribution < -0.4 is 0 Å². The maximum absolute atomic E-state index is 6.68. The molecule has 0 N–H and O–H groups in total. The van der Waals surface area contributed by atoms with Crippen LogP contribution in [-0.2, 0) is 4.74 Å². The van der Waals surface area contributed by atoms with Crippen LogP contribution >= 0.6 is 0 Å². The van der Waals surface area contributed by atoms with Crippen LogP contribution in [0.5, 0.6) is 0 Å². The highest BCUT2D eigenvalue weighted by molar-refractivity contribution is 5.12. The van der Waals surface area contributed by atoms with E-state index in [9.17, 15) is 0 Å². The molecule has 0 spiro atoms. The van der Waals surface area contributed by atoms with E-state index in [1.54, 1.807) is 0 Å². The van der Waals surface area contributed by atoms with Crippen molar-refractivity contribution in [2.45, 2.75) is 90.8 Å². The smallest absolute Gasteiger partial charge is 0.0839 e.